The van der Waals surface area contributed by atoms with Gasteiger partial charge in [0.1, 0.15) is 0 Å². The molecule has 100 valence electrons. The molecule has 0 bridgehead atoms. The number of rotatable bonds is 5. The van der Waals surface area contributed by atoms with Crippen molar-refractivity contribution in [2.24, 2.45) is 0 Å². The molecular weight excluding hydrogens is 258 g/mol. The Kier molecular flexibility index (Phi) is 3.58. The number of halogens is 1. The van der Waals surface area contributed by atoms with Crippen LogP contribution in [-0.2, 0) is 13.1 Å². The fraction of sp³-hybridized carbons (Fsp3) is 0.400. The van der Waals surface area contributed by atoms with E-state index in [4.69, 9.17) is 11.6 Å². The van der Waals surface area contributed by atoms with E-state index in [1.54, 1.807) is 0 Å². The first kappa shape index (κ1) is 12.7. The zero-order chi connectivity index (χ0) is 13.2. The van der Waals surface area contributed by atoms with E-state index in [9.17, 15) is 0 Å². The Labute approximate surface area is 118 Å². The molecule has 0 unspecified atom stereocenters. The third-order valence-electron chi connectivity index (χ3n) is 3.49. The van der Waals surface area contributed by atoms with Gasteiger partial charge >= 0.3 is 0 Å². The fourth-order valence-electron chi connectivity index (χ4n) is 2.21. The van der Waals surface area contributed by atoms with E-state index in [0.29, 0.717) is 6.04 Å². The Morgan fingerprint density at radius 1 is 1.42 bits per heavy atom. The minimum atomic E-state index is 0.699. The van der Waals surface area contributed by atoms with E-state index < -0.39 is 0 Å². The predicted octanol–water partition coefficient (Wildman–Crippen LogP) is 3.48. The summed E-state index contributed by atoms with van der Waals surface area (Å²) in [4.78, 5) is 0. The van der Waals surface area contributed by atoms with Gasteiger partial charge in [-0.15, -0.1) is 0 Å². The maximum atomic E-state index is 6.12. The first-order chi connectivity index (χ1) is 9.26. The molecule has 1 aliphatic carbocycles. The van der Waals surface area contributed by atoms with Gasteiger partial charge in [-0.05, 0) is 43.0 Å². The third-order valence-corrected chi connectivity index (χ3v) is 3.73. The average Bonchev–Trinajstić information content (AvgIpc) is 3.13. The largest absolute Gasteiger partial charge is 0.310 e. The summed E-state index contributed by atoms with van der Waals surface area (Å²) >= 11 is 6.12. The van der Waals surface area contributed by atoms with Gasteiger partial charge in [-0.1, -0.05) is 17.7 Å². The Balaban J connectivity index is 1.89. The van der Waals surface area contributed by atoms with Crippen LogP contribution in [0.25, 0.3) is 11.1 Å². The third kappa shape index (κ3) is 2.99. The molecule has 0 atom stereocenters. The van der Waals surface area contributed by atoms with Crippen molar-refractivity contribution in [3.8, 4) is 11.1 Å². The minimum Gasteiger partial charge on any atom is -0.310 e. The summed E-state index contributed by atoms with van der Waals surface area (Å²) in [7, 11) is 0. The lowest BCUT2D eigenvalue weighted by molar-refractivity contribution is 0.660. The smallest absolute Gasteiger partial charge is 0.0568 e. The van der Waals surface area contributed by atoms with Gasteiger partial charge in [-0.3, -0.25) is 4.68 Å². The second-order valence-electron chi connectivity index (χ2n) is 5.04. The quantitative estimate of drug-likeness (QED) is 0.905. The standard InChI is InChI=1S/C15H18ClN3/c1-2-19-10-12(9-18-19)15-6-3-13(16)7-11(15)8-17-14-4-5-14/h3,6-7,9-10,14,17H,2,4-5,8H2,1H3. The molecule has 1 aromatic heterocycles. The summed E-state index contributed by atoms with van der Waals surface area (Å²) in [6.45, 7) is 3.86. The maximum absolute atomic E-state index is 6.12. The molecule has 0 spiro atoms. The molecule has 1 saturated carbocycles. The number of nitrogens with one attached hydrogen (secondary N) is 1. The van der Waals surface area contributed by atoms with Crippen LogP contribution in [0.3, 0.4) is 0 Å². The van der Waals surface area contributed by atoms with Gasteiger partial charge in [0.25, 0.3) is 0 Å². The monoisotopic (exact) mass is 275 g/mol. The van der Waals surface area contributed by atoms with E-state index in [-0.39, 0.29) is 0 Å². The van der Waals surface area contributed by atoms with Crippen LogP contribution in [0.2, 0.25) is 5.02 Å². The maximum Gasteiger partial charge on any atom is 0.0568 e. The van der Waals surface area contributed by atoms with E-state index in [1.807, 2.05) is 16.9 Å². The molecule has 1 aromatic carbocycles. The van der Waals surface area contributed by atoms with Crippen LogP contribution in [0.1, 0.15) is 25.3 Å². The lowest BCUT2D eigenvalue weighted by atomic mass is 10.0. The Morgan fingerprint density at radius 3 is 2.95 bits per heavy atom. The van der Waals surface area contributed by atoms with Crippen molar-refractivity contribution in [1.82, 2.24) is 15.1 Å². The highest BCUT2D eigenvalue weighted by Gasteiger charge is 2.20. The molecule has 3 nitrogen and oxygen atoms in total. The van der Waals surface area contributed by atoms with Gasteiger partial charge in [0.05, 0.1) is 6.20 Å². The predicted molar refractivity (Wildman–Crippen MR) is 78.2 cm³/mol. The number of aromatic nitrogens is 2. The van der Waals surface area contributed by atoms with Gasteiger partial charge in [-0.2, -0.15) is 5.10 Å². The lowest BCUT2D eigenvalue weighted by Gasteiger charge is -2.09. The van der Waals surface area contributed by atoms with Crippen LogP contribution in [0.15, 0.2) is 30.6 Å². The molecule has 0 radical (unpaired) electrons. The first-order valence-electron chi connectivity index (χ1n) is 6.81. The van der Waals surface area contributed by atoms with Crippen molar-refractivity contribution in [2.45, 2.75) is 38.9 Å². The second-order valence-corrected chi connectivity index (χ2v) is 5.48. The summed E-state index contributed by atoms with van der Waals surface area (Å²) in [5.41, 5.74) is 3.62. The van der Waals surface area contributed by atoms with Crippen molar-refractivity contribution < 1.29 is 0 Å². The molecule has 1 heterocycles. The van der Waals surface area contributed by atoms with Crippen LogP contribution in [-0.4, -0.2) is 15.8 Å². The highest BCUT2D eigenvalue weighted by Crippen LogP contribution is 2.27. The molecule has 1 aliphatic rings. The van der Waals surface area contributed by atoms with Gasteiger partial charge in [0.15, 0.2) is 0 Å². The topological polar surface area (TPSA) is 29.9 Å². The number of nitrogens with zero attached hydrogens (tertiary/aromatic N) is 2. The van der Waals surface area contributed by atoms with Crippen LogP contribution in [0.4, 0.5) is 0 Å². The summed E-state index contributed by atoms with van der Waals surface area (Å²) < 4.78 is 1.95. The molecular formula is C15H18ClN3. The molecule has 19 heavy (non-hydrogen) atoms. The zero-order valence-electron chi connectivity index (χ0n) is 11.1. The van der Waals surface area contributed by atoms with Gasteiger partial charge < -0.3 is 5.32 Å². The first-order valence-corrected chi connectivity index (χ1v) is 7.18. The summed E-state index contributed by atoms with van der Waals surface area (Å²) in [5.74, 6) is 0. The number of benzene rings is 1. The number of aryl methyl sites for hydroxylation is 1. The zero-order valence-corrected chi connectivity index (χ0v) is 11.8. The molecule has 0 aliphatic heterocycles. The fourth-order valence-corrected chi connectivity index (χ4v) is 2.40. The summed E-state index contributed by atoms with van der Waals surface area (Å²) in [6, 6.07) is 6.78. The van der Waals surface area contributed by atoms with Crippen molar-refractivity contribution in [3.05, 3.63) is 41.2 Å². The van der Waals surface area contributed by atoms with Gasteiger partial charge in [0, 0.05) is 35.9 Å². The van der Waals surface area contributed by atoms with Crippen LogP contribution >= 0.6 is 11.6 Å². The SMILES string of the molecule is CCn1cc(-c2ccc(Cl)cc2CNC2CC2)cn1. The van der Waals surface area contributed by atoms with Crippen molar-refractivity contribution in [3.63, 3.8) is 0 Å². The normalized spacial score (nSPS) is 14.8. The Morgan fingerprint density at radius 2 is 2.26 bits per heavy atom. The highest BCUT2D eigenvalue weighted by atomic mass is 35.5. The average molecular weight is 276 g/mol. The Bertz CT molecular complexity index is 573. The second kappa shape index (κ2) is 5.35. The van der Waals surface area contributed by atoms with Crippen molar-refractivity contribution in [1.29, 1.82) is 0 Å². The summed E-state index contributed by atoms with van der Waals surface area (Å²) in [5, 5.41) is 8.68. The highest BCUT2D eigenvalue weighted by molar-refractivity contribution is 6.30. The van der Waals surface area contributed by atoms with Gasteiger partial charge in [0.2, 0.25) is 0 Å². The molecule has 4 heteroatoms. The van der Waals surface area contributed by atoms with Gasteiger partial charge in [-0.25, -0.2) is 0 Å². The molecule has 2 aromatic rings. The molecule has 3 rings (SSSR count). The number of hydrogen-bond donors (Lipinski definition) is 1. The summed E-state index contributed by atoms with van der Waals surface area (Å²) in [6.07, 6.45) is 6.60. The lowest BCUT2D eigenvalue weighted by Crippen LogP contribution is -2.15. The Hall–Kier alpha value is -1.32. The molecule has 0 amide bonds. The van der Waals surface area contributed by atoms with Crippen molar-refractivity contribution >= 4 is 11.6 Å². The van der Waals surface area contributed by atoms with Crippen LogP contribution < -0.4 is 5.32 Å². The molecule has 1 fully saturated rings. The van der Waals surface area contributed by atoms with E-state index in [0.717, 1.165) is 23.7 Å². The molecule has 0 saturated heterocycles. The minimum absolute atomic E-state index is 0.699. The van der Waals surface area contributed by atoms with Crippen LogP contribution in [0, 0.1) is 0 Å². The van der Waals surface area contributed by atoms with Crippen molar-refractivity contribution in [2.75, 3.05) is 0 Å². The van der Waals surface area contributed by atoms with E-state index in [1.165, 1.54) is 24.0 Å². The molecule has 1 N–H and O–H groups in total. The van der Waals surface area contributed by atoms with E-state index >= 15 is 0 Å². The van der Waals surface area contributed by atoms with E-state index in [2.05, 4.69) is 35.7 Å². The van der Waals surface area contributed by atoms with Crippen LogP contribution in [0.5, 0.6) is 0 Å². The number of hydrogen-bond acceptors (Lipinski definition) is 2.